The van der Waals surface area contributed by atoms with Crippen LogP contribution in [0.5, 0.6) is 0 Å². The molecule has 1 heterocycles. The van der Waals surface area contributed by atoms with Gasteiger partial charge in [-0.3, -0.25) is 14.7 Å². The van der Waals surface area contributed by atoms with Gasteiger partial charge in [0.2, 0.25) is 5.91 Å². The molecule has 1 atom stereocenters. The van der Waals surface area contributed by atoms with Gasteiger partial charge >= 0.3 is 6.09 Å². The Hall–Kier alpha value is -1.30. The highest BCUT2D eigenvalue weighted by Gasteiger charge is 2.26. The minimum absolute atomic E-state index is 0. The van der Waals surface area contributed by atoms with Crippen LogP contribution in [0.15, 0.2) is 4.99 Å². The van der Waals surface area contributed by atoms with Crippen molar-refractivity contribution in [1.29, 1.82) is 0 Å². The first-order chi connectivity index (χ1) is 14.1. The van der Waals surface area contributed by atoms with E-state index in [-0.39, 0.29) is 41.8 Å². The number of nitrogens with zero attached hydrogens (tertiary/aromatic N) is 3. The van der Waals surface area contributed by atoms with Gasteiger partial charge in [-0.2, -0.15) is 0 Å². The number of nitrogens with one attached hydrogen (secondary N) is 3. The Morgan fingerprint density at radius 1 is 1.13 bits per heavy atom. The van der Waals surface area contributed by atoms with Crippen molar-refractivity contribution in [1.82, 2.24) is 25.8 Å². The molecule has 1 saturated carbocycles. The van der Waals surface area contributed by atoms with E-state index in [1.807, 2.05) is 20.8 Å². The molecular weight excluding hydrogens is 511 g/mol. The SMILES string of the molecule is CN=C(NCC(NC(=O)OC(C)(C)C)C(C)C)N1CCN(CC(=O)NC2CC2)CC1.I. The first-order valence-electron chi connectivity index (χ1n) is 11.0. The first kappa shape index (κ1) is 27.7. The summed E-state index contributed by atoms with van der Waals surface area (Å²) in [6.07, 6.45) is 1.82. The second kappa shape index (κ2) is 12.7. The quantitative estimate of drug-likeness (QED) is 0.253. The molecule has 1 unspecified atom stereocenters. The Kier molecular flexibility index (Phi) is 11.3. The van der Waals surface area contributed by atoms with Gasteiger partial charge in [0.1, 0.15) is 5.60 Å². The highest BCUT2D eigenvalue weighted by molar-refractivity contribution is 14.0. The van der Waals surface area contributed by atoms with Gasteiger partial charge in [0.25, 0.3) is 0 Å². The molecule has 31 heavy (non-hydrogen) atoms. The van der Waals surface area contributed by atoms with Gasteiger partial charge in [-0.1, -0.05) is 13.8 Å². The molecule has 0 aromatic carbocycles. The molecule has 0 aromatic rings. The molecule has 1 aliphatic heterocycles. The largest absolute Gasteiger partial charge is 0.444 e. The van der Waals surface area contributed by atoms with Crippen LogP contribution in [-0.2, 0) is 9.53 Å². The lowest BCUT2D eigenvalue weighted by atomic mass is 10.0. The second-order valence-electron chi connectivity index (χ2n) is 9.53. The van der Waals surface area contributed by atoms with Crippen molar-refractivity contribution in [3.8, 4) is 0 Å². The zero-order chi connectivity index (χ0) is 22.3. The number of hydrogen-bond donors (Lipinski definition) is 3. The number of hydrogen-bond acceptors (Lipinski definition) is 5. The lowest BCUT2D eigenvalue weighted by Gasteiger charge is -2.36. The normalized spacial score (nSPS) is 18.8. The monoisotopic (exact) mass is 552 g/mol. The molecule has 2 rings (SSSR count). The Morgan fingerprint density at radius 2 is 1.74 bits per heavy atom. The van der Waals surface area contributed by atoms with Crippen LogP contribution in [0, 0.1) is 5.92 Å². The average molecular weight is 553 g/mol. The van der Waals surface area contributed by atoms with E-state index in [2.05, 4.69) is 44.6 Å². The number of halogens is 1. The number of guanidine groups is 1. The van der Waals surface area contributed by atoms with Crippen LogP contribution >= 0.6 is 24.0 Å². The summed E-state index contributed by atoms with van der Waals surface area (Å²) in [6, 6.07) is 0.328. The molecule has 0 spiro atoms. The van der Waals surface area contributed by atoms with Crippen molar-refractivity contribution in [2.45, 2.75) is 65.1 Å². The predicted molar refractivity (Wildman–Crippen MR) is 134 cm³/mol. The molecule has 180 valence electrons. The van der Waals surface area contributed by atoms with Crippen molar-refractivity contribution < 1.29 is 14.3 Å². The van der Waals surface area contributed by atoms with Gasteiger partial charge in [-0.15, -0.1) is 24.0 Å². The van der Waals surface area contributed by atoms with Crippen LogP contribution in [-0.4, -0.2) is 91.8 Å². The van der Waals surface area contributed by atoms with Gasteiger partial charge in [-0.25, -0.2) is 4.79 Å². The maximum atomic E-state index is 12.1. The molecule has 0 aromatic heterocycles. The van der Waals surface area contributed by atoms with Gasteiger partial charge in [0, 0.05) is 45.8 Å². The highest BCUT2D eigenvalue weighted by Crippen LogP contribution is 2.18. The number of rotatable bonds is 7. The van der Waals surface area contributed by atoms with Crippen LogP contribution in [0.1, 0.15) is 47.5 Å². The molecule has 2 amide bonds. The molecule has 10 heteroatoms. The maximum absolute atomic E-state index is 12.1. The Morgan fingerprint density at radius 3 is 2.23 bits per heavy atom. The van der Waals surface area contributed by atoms with E-state index in [0.29, 0.717) is 19.1 Å². The first-order valence-corrected chi connectivity index (χ1v) is 11.0. The minimum Gasteiger partial charge on any atom is -0.444 e. The van der Waals surface area contributed by atoms with E-state index in [4.69, 9.17) is 4.74 Å². The summed E-state index contributed by atoms with van der Waals surface area (Å²) in [6.45, 7) is 14.0. The third-order valence-electron chi connectivity index (χ3n) is 5.18. The van der Waals surface area contributed by atoms with Crippen LogP contribution in [0.2, 0.25) is 0 Å². The summed E-state index contributed by atoms with van der Waals surface area (Å²) >= 11 is 0. The summed E-state index contributed by atoms with van der Waals surface area (Å²) in [7, 11) is 1.77. The van der Waals surface area contributed by atoms with Gasteiger partial charge in [0.05, 0.1) is 12.6 Å². The topological polar surface area (TPSA) is 98.3 Å². The lowest BCUT2D eigenvalue weighted by molar-refractivity contribution is -0.122. The number of carbonyl (C=O) groups is 2. The number of carbonyl (C=O) groups excluding carboxylic acids is 2. The fourth-order valence-corrected chi connectivity index (χ4v) is 3.27. The third-order valence-corrected chi connectivity index (χ3v) is 5.18. The van der Waals surface area contributed by atoms with E-state index in [0.717, 1.165) is 45.0 Å². The summed E-state index contributed by atoms with van der Waals surface area (Å²) in [5.74, 6) is 1.18. The van der Waals surface area contributed by atoms with Crippen LogP contribution in [0.25, 0.3) is 0 Å². The van der Waals surface area contributed by atoms with E-state index < -0.39 is 11.7 Å². The molecule has 1 aliphatic carbocycles. The van der Waals surface area contributed by atoms with Gasteiger partial charge in [0.15, 0.2) is 5.96 Å². The van der Waals surface area contributed by atoms with Crippen molar-refractivity contribution >= 4 is 41.9 Å². The fourth-order valence-electron chi connectivity index (χ4n) is 3.27. The van der Waals surface area contributed by atoms with Crippen molar-refractivity contribution in [2.24, 2.45) is 10.9 Å². The summed E-state index contributed by atoms with van der Waals surface area (Å²) in [5, 5.41) is 9.39. The van der Waals surface area contributed by atoms with E-state index in [1.165, 1.54) is 0 Å². The molecule has 1 saturated heterocycles. The number of amides is 2. The smallest absolute Gasteiger partial charge is 0.407 e. The van der Waals surface area contributed by atoms with Gasteiger partial charge < -0.3 is 25.6 Å². The average Bonchev–Trinajstić information content (AvgIpc) is 3.44. The standard InChI is InChI=1S/C21H40N6O3.HI/c1-15(2)17(25-20(29)30-21(3,4)5)13-23-19(22-6)27-11-9-26(10-12-27)14-18(28)24-16-7-8-16;/h15-17H,7-14H2,1-6H3,(H,22,23)(H,24,28)(H,25,29);1H. The number of ether oxygens (including phenoxy) is 1. The fraction of sp³-hybridized carbons (Fsp3) is 0.857. The number of alkyl carbamates (subject to hydrolysis) is 1. The lowest BCUT2D eigenvalue weighted by Crippen LogP contribution is -2.56. The number of piperazine rings is 1. The minimum atomic E-state index is -0.523. The Balaban J connectivity index is 0.00000480. The van der Waals surface area contributed by atoms with Crippen molar-refractivity contribution in [2.75, 3.05) is 46.3 Å². The third kappa shape index (κ3) is 10.7. The molecule has 2 aliphatic rings. The Bertz CT molecular complexity index is 611. The van der Waals surface area contributed by atoms with Gasteiger partial charge in [-0.05, 0) is 39.5 Å². The van der Waals surface area contributed by atoms with Crippen LogP contribution < -0.4 is 16.0 Å². The highest BCUT2D eigenvalue weighted by atomic mass is 127. The predicted octanol–water partition coefficient (Wildman–Crippen LogP) is 1.63. The maximum Gasteiger partial charge on any atom is 0.407 e. The van der Waals surface area contributed by atoms with Crippen molar-refractivity contribution in [3.05, 3.63) is 0 Å². The molecule has 3 N–H and O–H groups in total. The van der Waals surface area contributed by atoms with E-state index >= 15 is 0 Å². The zero-order valence-electron chi connectivity index (χ0n) is 19.9. The number of aliphatic imine (C=N–C) groups is 1. The van der Waals surface area contributed by atoms with Crippen LogP contribution in [0.3, 0.4) is 0 Å². The second-order valence-corrected chi connectivity index (χ2v) is 9.53. The van der Waals surface area contributed by atoms with Crippen LogP contribution in [0.4, 0.5) is 4.79 Å². The molecule has 0 radical (unpaired) electrons. The van der Waals surface area contributed by atoms with Crippen molar-refractivity contribution in [3.63, 3.8) is 0 Å². The summed E-state index contributed by atoms with van der Waals surface area (Å²) in [4.78, 5) is 32.9. The van der Waals surface area contributed by atoms with E-state index in [1.54, 1.807) is 7.05 Å². The zero-order valence-corrected chi connectivity index (χ0v) is 22.2. The Labute approximate surface area is 204 Å². The summed E-state index contributed by atoms with van der Waals surface area (Å²) in [5.41, 5.74) is -0.523. The molecule has 2 fully saturated rings. The molecular formula is C21H41IN6O3. The summed E-state index contributed by atoms with van der Waals surface area (Å²) < 4.78 is 5.38. The van der Waals surface area contributed by atoms with E-state index in [9.17, 15) is 9.59 Å². The molecule has 0 bridgehead atoms. The molecule has 9 nitrogen and oxygen atoms in total.